The molecule has 1 heterocycles. The Hall–Kier alpha value is -0.920. The van der Waals surface area contributed by atoms with Crippen molar-refractivity contribution in [2.24, 2.45) is 5.14 Å². The predicted molar refractivity (Wildman–Crippen MR) is 38.5 cm³/mol. The summed E-state index contributed by atoms with van der Waals surface area (Å²) in [6, 6.07) is 0. The summed E-state index contributed by atoms with van der Waals surface area (Å²) in [5.74, 6) is 0. The first-order valence-electron chi connectivity index (χ1n) is 2.83. The Labute approximate surface area is 64.0 Å². The van der Waals surface area contributed by atoms with Gasteiger partial charge in [-0.2, -0.15) is 18.2 Å². The van der Waals surface area contributed by atoms with Gasteiger partial charge in [-0.25, -0.2) is 5.14 Å². The van der Waals surface area contributed by atoms with Crippen molar-refractivity contribution in [3.05, 3.63) is 18.0 Å². The van der Waals surface area contributed by atoms with Gasteiger partial charge >= 0.3 is 0 Å². The lowest BCUT2D eigenvalue weighted by Crippen LogP contribution is -2.30. The van der Waals surface area contributed by atoms with E-state index in [0.717, 1.165) is 5.56 Å². The van der Waals surface area contributed by atoms with E-state index in [-0.39, 0.29) is 6.54 Å². The van der Waals surface area contributed by atoms with Crippen LogP contribution in [0.15, 0.2) is 12.4 Å². The molecule has 62 valence electrons. The highest BCUT2D eigenvalue weighted by Crippen LogP contribution is 1.91. The second-order valence-electron chi connectivity index (χ2n) is 1.97. The molecular weight excluding hydrogens is 168 g/mol. The van der Waals surface area contributed by atoms with Crippen molar-refractivity contribution in [3.8, 4) is 0 Å². The topological polar surface area (TPSA) is 101 Å². The van der Waals surface area contributed by atoms with Gasteiger partial charge in [-0.1, -0.05) is 0 Å². The number of aromatic amines is 1. The lowest BCUT2D eigenvalue weighted by molar-refractivity contribution is 0.583. The Morgan fingerprint density at radius 1 is 1.73 bits per heavy atom. The van der Waals surface area contributed by atoms with Crippen LogP contribution in [0, 0.1) is 0 Å². The van der Waals surface area contributed by atoms with E-state index in [4.69, 9.17) is 0 Å². The third kappa shape index (κ3) is 3.12. The number of rotatable bonds is 3. The largest absolute Gasteiger partial charge is 0.285 e. The van der Waals surface area contributed by atoms with Crippen LogP contribution in [-0.2, 0) is 16.8 Å². The molecule has 0 saturated heterocycles. The van der Waals surface area contributed by atoms with Crippen LogP contribution in [0.4, 0.5) is 0 Å². The van der Waals surface area contributed by atoms with Crippen LogP contribution in [0.2, 0.25) is 0 Å². The third-order valence-corrected chi connectivity index (χ3v) is 1.58. The standard InChI is InChI=1S/C4H8N4O2S/c5-11(9,10)8-3-4-1-6-7-2-4/h1-2,8H,3H2,(H,6,7)(H2,5,9,10). The minimum Gasteiger partial charge on any atom is -0.285 e. The predicted octanol–water partition coefficient (Wildman–Crippen LogP) is -1.30. The Bertz CT molecular complexity index is 303. The second-order valence-corrected chi connectivity index (χ2v) is 3.35. The molecule has 0 unspecified atom stereocenters. The molecule has 0 radical (unpaired) electrons. The highest BCUT2D eigenvalue weighted by Gasteiger charge is 2.00. The fourth-order valence-electron chi connectivity index (χ4n) is 0.558. The molecule has 7 heteroatoms. The van der Waals surface area contributed by atoms with Gasteiger partial charge in [0, 0.05) is 18.3 Å². The van der Waals surface area contributed by atoms with Crippen LogP contribution in [0.25, 0.3) is 0 Å². The smallest absolute Gasteiger partial charge is 0.274 e. The molecule has 0 fully saturated rings. The maximum Gasteiger partial charge on any atom is 0.274 e. The maximum absolute atomic E-state index is 10.4. The normalized spacial score (nSPS) is 11.7. The summed E-state index contributed by atoms with van der Waals surface area (Å²) in [6.45, 7) is 0.162. The van der Waals surface area contributed by atoms with E-state index in [1.165, 1.54) is 6.20 Å². The molecule has 1 aromatic heterocycles. The van der Waals surface area contributed by atoms with Gasteiger partial charge in [-0.15, -0.1) is 0 Å². The number of nitrogens with zero attached hydrogens (tertiary/aromatic N) is 1. The summed E-state index contributed by atoms with van der Waals surface area (Å²) in [5.41, 5.74) is 0.735. The van der Waals surface area contributed by atoms with Gasteiger partial charge in [0.1, 0.15) is 0 Å². The molecule has 4 N–H and O–H groups in total. The van der Waals surface area contributed by atoms with Crippen molar-refractivity contribution in [2.45, 2.75) is 6.54 Å². The zero-order chi connectivity index (χ0) is 8.32. The molecule has 0 amide bonds. The molecule has 1 rings (SSSR count). The minimum atomic E-state index is -3.59. The summed E-state index contributed by atoms with van der Waals surface area (Å²) >= 11 is 0. The van der Waals surface area contributed by atoms with E-state index in [1.807, 2.05) is 0 Å². The highest BCUT2D eigenvalue weighted by atomic mass is 32.2. The lowest BCUT2D eigenvalue weighted by Gasteiger charge is -1.96. The van der Waals surface area contributed by atoms with E-state index >= 15 is 0 Å². The van der Waals surface area contributed by atoms with Crippen LogP contribution in [0.5, 0.6) is 0 Å². The molecule has 0 spiro atoms. The SMILES string of the molecule is NS(=O)(=O)NCc1cn[nH]c1. The van der Waals surface area contributed by atoms with Gasteiger partial charge in [0.15, 0.2) is 0 Å². The molecule has 11 heavy (non-hydrogen) atoms. The fraction of sp³-hybridized carbons (Fsp3) is 0.250. The third-order valence-electron chi connectivity index (χ3n) is 1.03. The molecule has 0 saturated carbocycles. The Morgan fingerprint density at radius 3 is 2.91 bits per heavy atom. The summed E-state index contributed by atoms with van der Waals surface area (Å²) in [5, 5.41) is 10.8. The van der Waals surface area contributed by atoms with Crippen molar-refractivity contribution in [3.63, 3.8) is 0 Å². The molecule has 1 aromatic rings. The number of nitrogens with one attached hydrogen (secondary N) is 2. The van der Waals surface area contributed by atoms with Crippen molar-refractivity contribution >= 4 is 10.2 Å². The maximum atomic E-state index is 10.4. The first-order chi connectivity index (χ1) is 5.08. The van der Waals surface area contributed by atoms with Crippen molar-refractivity contribution in [2.75, 3.05) is 0 Å². The number of aromatic nitrogens is 2. The molecule has 0 aliphatic rings. The van der Waals surface area contributed by atoms with Gasteiger partial charge in [-0.3, -0.25) is 5.10 Å². The molecule has 0 atom stereocenters. The van der Waals surface area contributed by atoms with E-state index in [1.54, 1.807) is 6.20 Å². The number of hydrogen-bond donors (Lipinski definition) is 3. The molecule has 0 aliphatic carbocycles. The fourth-order valence-corrected chi connectivity index (χ4v) is 0.926. The monoisotopic (exact) mass is 176 g/mol. The van der Waals surface area contributed by atoms with E-state index in [0.29, 0.717) is 0 Å². The molecule has 0 aliphatic heterocycles. The van der Waals surface area contributed by atoms with Gasteiger partial charge < -0.3 is 0 Å². The van der Waals surface area contributed by atoms with E-state index < -0.39 is 10.2 Å². The average molecular weight is 176 g/mol. The first-order valence-corrected chi connectivity index (χ1v) is 4.37. The lowest BCUT2D eigenvalue weighted by atomic mass is 10.4. The van der Waals surface area contributed by atoms with E-state index in [9.17, 15) is 8.42 Å². The van der Waals surface area contributed by atoms with Gasteiger partial charge in [-0.05, 0) is 0 Å². The summed E-state index contributed by atoms with van der Waals surface area (Å²) < 4.78 is 22.8. The van der Waals surface area contributed by atoms with Crippen LogP contribution in [0.1, 0.15) is 5.56 Å². The zero-order valence-electron chi connectivity index (χ0n) is 5.61. The first kappa shape index (κ1) is 8.18. The van der Waals surface area contributed by atoms with Crippen LogP contribution in [-0.4, -0.2) is 18.6 Å². The van der Waals surface area contributed by atoms with Gasteiger partial charge in [0.05, 0.1) is 6.20 Å². The van der Waals surface area contributed by atoms with Crippen LogP contribution >= 0.6 is 0 Å². The Balaban J connectivity index is 2.48. The van der Waals surface area contributed by atoms with Crippen molar-refractivity contribution < 1.29 is 8.42 Å². The summed E-state index contributed by atoms with van der Waals surface area (Å²) in [7, 11) is -3.59. The Kier molecular flexibility index (Phi) is 2.22. The quantitative estimate of drug-likeness (QED) is 0.533. The Morgan fingerprint density at radius 2 is 2.45 bits per heavy atom. The minimum absolute atomic E-state index is 0.162. The number of nitrogens with two attached hydrogens (primary N) is 1. The molecule has 0 bridgehead atoms. The molecular formula is C4H8N4O2S. The van der Waals surface area contributed by atoms with Crippen molar-refractivity contribution in [1.82, 2.24) is 14.9 Å². The number of H-pyrrole nitrogens is 1. The van der Waals surface area contributed by atoms with Gasteiger partial charge in [0.2, 0.25) is 0 Å². The van der Waals surface area contributed by atoms with Crippen LogP contribution < -0.4 is 9.86 Å². The van der Waals surface area contributed by atoms with Crippen molar-refractivity contribution in [1.29, 1.82) is 0 Å². The van der Waals surface area contributed by atoms with Crippen LogP contribution in [0.3, 0.4) is 0 Å². The second kappa shape index (κ2) is 2.99. The van der Waals surface area contributed by atoms with Gasteiger partial charge in [0.25, 0.3) is 10.2 Å². The van der Waals surface area contributed by atoms with E-state index in [2.05, 4.69) is 20.1 Å². The zero-order valence-corrected chi connectivity index (χ0v) is 6.43. The number of hydrogen-bond acceptors (Lipinski definition) is 3. The average Bonchev–Trinajstić information content (AvgIpc) is 2.32. The highest BCUT2D eigenvalue weighted by molar-refractivity contribution is 7.87. The molecule has 0 aromatic carbocycles. The summed E-state index contributed by atoms with van der Waals surface area (Å²) in [4.78, 5) is 0. The summed E-state index contributed by atoms with van der Waals surface area (Å²) in [6.07, 6.45) is 3.09. The molecule has 6 nitrogen and oxygen atoms in total.